The van der Waals surface area contributed by atoms with Crippen molar-refractivity contribution in [2.45, 2.75) is 39.3 Å². The Morgan fingerprint density at radius 2 is 2.07 bits per heavy atom. The third kappa shape index (κ3) is 5.79. The molecule has 2 amide bonds. The van der Waals surface area contributed by atoms with E-state index in [4.69, 9.17) is 4.74 Å². The molecule has 0 bridgehead atoms. The van der Waals surface area contributed by atoms with Crippen LogP contribution in [0.5, 0.6) is 0 Å². The van der Waals surface area contributed by atoms with Crippen LogP contribution in [0.4, 0.5) is 4.79 Å². The van der Waals surface area contributed by atoms with Gasteiger partial charge in [0.25, 0.3) is 5.91 Å². The van der Waals surface area contributed by atoms with Gasteiger partial charge in [-0.05, 0) is 27.8 Å². The average molecular weight is 399 g/mol. The van der Waals surface area contributed by atoms with Gasteiger partial charge >= 0.3 is 6.09 Å². The molecule has 0 aromatic carbocycles. The molecule has 3 N–H and O–H groups in total. The maximum atomic E-state index is 12.3. The van der Waals surface area contributed by atoms with Gasteiger partial charge in [0, 0.05) is 36.2 Å². The molecule has 0 radical (unpaired) electrons. The van der Waals surface area contributed by atoms with Crippen LogP contribution in [-0.2, 0) is 27.7 Å². The molecule has 2 rings (SSSR count). The van der Waals surface area contributed by atoms with E-state index in [-0.39, 0.29) is 18.8 Å². The number of fused-ring (bicyclic) bond motifs is 1. The number of nitrogens with one attached hydrogen (secondary N) is 3. The second-order valence-corrected chi connectivity index (χ2v) is 8.78. The van der Waals surface area contributed by atoms with Crippen molar-refractivity contribution in [3.05, 3.63) is 28.4 Å². The lowest BCUT2D eigenvalue weighted by molar-refractivity contribution is 0.0222. The van der Waals surface area contributed by atoms with Crippen molar-refractivity contribution in [2.75, 3.05) is 20.1 Å². The molecule has 0 atom stereocenters. The molecule has 1 aliphatic rings. The van der Waals surface area contributed by atoms with Crippen LogP contribution >= 0.6 is 0 Å². The van der Waals surface area contributed by atoms with E-state index in [1.165, 1.54) is 18.0 Å². The Kier molecular flexibility index (Phi) is 6.26. The first kappa shape index (κ1) is 20.9. The molecular weight excluding hydrogens is 374 g/mol. The molecule has 0 unspecified atom stereocenters. The topological polar surface area (TPSA) is 133 Å². The van der Waals surface area contributed by atoms with Gasteiger partial charge in [-0.3, -0.25) is 9.89 Å². The van der Waals surface area contributed by atoms with Gasteiger partial charge in [-0.1, -0.05) is 6.08 Å². The van der Waals surface area contributed by atoms with Crippen molar-refractivity contribution < 1.29 is 22.7 Å². The Bertz CT molecular complexity index is 838. The molecule has 1 aromatic rings. The molecule has 0 spiro atoms. The van der Waals surface area contributed by atoms with Gasteiger partial charge < -0.3 is 15.0 Å². The summed E-state index contributed by atoms with van der Waals surface area (Å²) in [7, 11) is -2.18. The van der Waals surface area contributed by atoms with Gasteiger partial charge in [0.15, 0.2) is 5.69 Å². The van der Waals surface area contributed by atoms with Gasteiger partial charge in [-0.15, -0.1) is 0 Å². The van der Waals surface area contributed by atoms with E-state index in [0.717, 1.165) is 11.1 Å². The first-order chi connectivity index (χ1) is 12.5. The summed E-state index contributed by atoms with van der Waals surface area (Å²) in [5, 5.41) is 10.4. The highest BCUT2D eigenvalue weighted by molar-refractivity contribution is 7.92. The summed E-state index contributed by atoms with van der Waals surface area (Å²) in [6.07, 6.45) is 1.41. The van der Waals surface area contributed by atoms with Crippen molar-refractivity contribution in [3.63, 3.8) is 0 Å². The van der Waals surface area contributed by atoms with Gasteiger partial charge in [0.2, 0.25) is 10.0 Å². The minimum Gasteiger partial charge on any atom is -0.444 e. The third-order valence-electron chi connectivity index (χ3n) is 3.74. The van der Waals surface area contributed by atoms with Crippen molar-refractivity contribution >= 4 is 22.0 Å². The molecule has 0 saturated carbocycles. The molecule has 1 aliphatic heterocycles. The minimum absolute atomic E-state index is 0.0250. The van der Waals surface area contributed by atoms with Gasteiger partial charge in [-0.25, -0.2) is 17.9 Å². The number of carbonyl (C=O) groups is 2. The van der Waals surface area contributed by atoms with Gasteiger partial charge in [0.1, 0.15) is 5.60 Å². The smallest absolute Gasteiger partial charge is 0.410 e. The van der Waals surface area contributed by atoms with Crippen LogP contribution in [0.3, 0.4) is 0 Å². The van der Waals surface area contributed by atoms with Crippen molar-refractivity contribution in [3.8, 4) is 0 Å². The molecule has 150 valence electrons. The van der Waals surface area contributed by atoms with Crippen LogP contribution in [-0.4, -0.2) is 61.3 Å². The first-order valence-corrected chi connectivity index (χ1v) is 9.99. The summed E-state index contributed by atoms with van der Waals surface area (Å²) in [4.78, 5) is 26.1. The zero-order valence-electron chi connectivity index (χ0n) is 15.8. The van der Waals surface area contributed by atoms with Crippen LogP contribution in [0.25, 0.3) is 0 Å². The van der Waals surface area contributed by atoms with Gasteiger partial charge in [-0.2, -0.15) is 5.10 Å². The number of aromatic amines is 1. The molecule has 0 saturated heterocycles. The summed E-state index contributed by atoms with van der Waals surface area (Å²) in [6, 6.07) is 0. The number of amides is 2. The van der Waals surface area contributed by atoms with Gasteiger partial charge in [0.05, 0.1) is 6.54 Å². The summed E-state index contributed by atoms with van der Waals surface area (Å²) >= 11 is 0. The predicted octanol–water partition coefficient (Wildman–Crippen LogP) is 0.496. The van der Waals surface area contributed by atoms with Crippen LogP contribution in [0, 0.1) is 0 Å². The molecule has 11 heteroatoms. The number of hydrogen-bond acceptors (Lipinski definition) is 6. The first-order valence-electron chi connectivity index (χ1n) is 8.45. The maximum absolute atomic E-state index is 12.3. The molecule has 1 aromatic heterocycles. The Morgan fingerprint density at radius 3 is 2.70 bits per heavy atom. The lowest BCUT2D eigenvalue weighted by Crippen LogP contribution is -2.40. The van der Waals surface area contributed by atoms with Crippen molar-refractivity contribution in [2.24, 2.45) is 0 Å². The maximum Gasteiger partial charge on any atom is 0.410 e. The van der Waals surface area contributed by atoms with Crippen LogP contribution in [0.15, 0.2) is 11.5 Å². The quantitative estimate of drug-likeness (QED) is 0.660. The molecular formula is C16H25N5O5S. The molecule has 2 heterocycles. The normalized spacial score (nSPS) is 14.9. The lowest BCUT2D eigenvalue weighted by Gasteiger charge is -2.30. The highest BCUT2D eigenvalue weighted by Crippen LogP contribution is 2.22. The summed E-state index contributed by atoms with van der Waals surface area (Å²) in [5.41, 5.74) is 1.02. The zero-order valence-corrected chi connectivity index (χ0v) is 16.6. The lowest BCUT2D eigenvalue weighted by atomic mass is 10.1. The Labute approximate surface area is 158 Å². The van der Waals surface area contributed by atoms with E-state index in [2.05, 4.69) is 20.2 Å². The Balaban J connectivity index is 2.02. The van der Waals surface area contributed by atoms with E-state index in [1.54, 1.807) is 20.8 Å². The Hall–Kier alpha value is -2.40. The second-order valence-electron chi connectivity index (χ2n) is 7.01. The standard InChI is InChI=1S/C16H25N5O5S/c1-16(2,3)26-15(23)21-8-6-12-11(10-21)13(20-19-12)14(22)18-7-5-9-27(24,25)17-4/h5,9,17H,6-8,10H2,1-4H3,(H,18,22)(H,19,20)/b9-5+. The number of rotatable bonds is 5. The largest absolute Gasteiger partial charge is 0.444 e. The number of H-pyrrole nitrogens is 1. The fraction of sp³-hybridized carbons (Fsp3) is 0.562. The van der Waals surface area contributed by atoms with E-state index < -0.39 is 27.6 Å². The fourth-order valence-corrected chi connectivity index (χ4v) is 2.93. The third-order valence-corrected chi connectivity index (χ3v) is 4.86. The van der Waals surface area contributed by atoms with Crippen molar-refractivity contribution in [1.82, 2.24) is 25.1 Å². The monoisotopic (exact) mass is 399 g/mol. The average Bonchev–Trinajstić information content (AvgIpc) is 3.00. The van der Waals surface area contributed by atoms with Crippen LogP contribution in [0.1, 0.15) is 42.5 Å². The van der Waals surface area contributed by atoms with E-state index in [0.29, 0.717) is 18.5 Å². The highest BCUT2D eigenvalue weighted by atomic mass is 32.2. The molecule has 0 aliphatic carbocycles. The number of hydrogen-bond donors (Lipinski definition) is 3. The number of ether oxygens (including phenoxy) is 1. The summed E-state index contributed by atoms with van der Waals surface area (Å²) in [6.45, 7) is 6.08. The summed E-state index contributed by atoms with van der Waals surface area (Å²) < 4.78 is 30.1. The van der Waals surface area contributed by atoms with E-state index in [9.17, 15) is 18.0 Å². The number of nitrogens with zero attached hydrogens (tertiary/aromatic N) is 2. The van der Waals surface area contributed by atoms with Crippen LogP contribution < -0.4 is 10.0 Å². The summed E-state index contributed by atoms with van der Waals surface area (Å²) in [5.74, 6) is -0.454. The predicted molar refractivity (Wildman–Crippen MR) is 98.4 cm³/mol. The SMILES string of the molecule is CNS(=O)(=O)/C=C/CNC(=O)c1n[nH]c2c1CN(C(=O)OC(C)(C)C)CC2. The zero-order chi connectivity index (χ0) is 20.2. The fourth-order valence-electron chi connectivity index (χ4n) is 2.44. The number of sulfonamides is 1. The minimum atomic E-state index is -3.48. The molecule has 0 fully saturated rings. The van der Waals surface area contributed by atoms with Crippen molar-refractivity contribution in [1.29, 1.82) is 0 Å². The second kappa shape index (κ2) is 8.09. The van der Waals surface area contributed by atoms with Crippen LogP contribution in [0.2, 0.25) is 0 Å². The molecule has 10 nitrogen and oxygen atoms in total. The number of aromatic nitrogens is 2. The van der Waals surface area contributed by atoms with E-state index >= 15 is 0 Å². The number of carbonyl (C=O) groups excluding carboxylic acids is 2. The highest BCUT2D eigenvalue weighted by Gasteiger charge is 2.30. The van der Waals surface area contributed by atoms with E-state index in [1.807, 2.05) is 0 Å². The Morgan fingerprint density at radius 1 is 1.37 bits per heavy atom. The molecule has 27 heavy (non-hydrogen) atoms.